The first-order chi connectivity index (χ1) is 8.58. The van der Waals surface area contributed by atoms with E-state index >= 15 is 0 Å². The second-order valence-electron chi connectivity index (χ2n) is 4.07. The van der Waals surface area contributed by atoms with Gasteiger partial charge in [0.25, 0.3) is 0 Å². The maximum Gasteiger partial charge on any atom is 0.305 e. The van der Waals surface area contributed by atoms with Crippen LogP contribution < -0.4 is 10.6 Å². The minimum atomic E-state index is -0.802. The first kappa shape index (κ1) is 14.5. The van der Waals surface area contributed by atoms with Gasteiger partial charge in [0.2, 0.25) is 0 Å². The molecule has 0 aromatic heterocycles. The smallest absolute Gasteiger partial charge is 0.305 e. The number of aliphatic hydroxyl groups is 1. The lowest BCUT2D eigenvalue weighted by atomic mass is 10.1. The lowest BCUT2D eigenvalue weighted by Gasteiger charge is -2.22. The summed E-state index contributed by atoms with van der Waals surface area (Å²) in [6.07, 6.45) is -0.533. The van der Waals surface area contributed by atoms with Gasteiger partial charge >= 0.3 is 5.97 Å². The zero-order valence-corrected chi connectivity index (χ0v) is 10.5. The van der Waals surface area contributed by atoms with Crippen LogP contribution in [0.4, 0.5) is 5.69 Å². The van der Waals surface area contributed by atoms with Crippen LogP contribution in [-0.4, -0.2) is 35.8 Å². The third-order valence-electron chi connectivity index (χ3n) is 2.84. The third kappa shape index (κ3) is 4.01. The number of rotatable bonds is 7. The van der Waals surface area contributed by atoms with Gasteiger partial charge in [0.15, 0.2) is 0 Å². The molecule has 0 saturated carbocycles. The Bertz CT molecular complexity index is 378. The Morgan fingerprint density at radius 2 is 2.00 bits per heavy atom. The van der Waals surface area contributed by atoms with E-state index < -0.39 is 12.1 Å². The summed E-state index contributed by atoms with van der Waals surface area (Å²) in [5.74, 6) is -0.802. The van der Waals surface area contributed by atoms with Crippen LogP contribution in [0.3, 0.4) is 0 Å². The Morgan fingerprint density at radius 1 is 1.39 bits per heavy atom. The van der Waals surface area contributed by atoms with Crippen molar-refractivity contribution in [2.45, 2.75) is 19.4 Å². The largest absolute Gasteiger partial charge is 0.481 e. The lowest BCUT2D eigenvalue weighted by Crippen LogP contribution is -2.25. The molecule has 100 valence electrons. The Hall–Kier alpha value is -1.59. The second kappa shape index (κ2) is 6.98. The van der Waals surface area contributed by atoms with Crippen LogP contribution >= 0.6 is 0 Å². The first-order valence-corrected chi connectivity index (χ1v) is 6.03. The predicted octanol–water partition coefficient (Wildman–Crippen LogP) is 0.980. The van der Waals surface area contributed by atoms with Crippen LogP contribution in [0.1, 0.15) is 25.0 Å². The van der Waals surface area contributed by atoms with Gasteiger partial charge in [-0.15, -0.1) is 0 Å². The van der Waals surface area contributed by atoms with E-state index in [0.29, 0.717) is 6.54 Å². The van der Waals surface area contributed by atoms with Crippen LogP contribution in [-0.2, 0) is 4.79 Å². The summed E-state index contributed by atoms with van der Waals surface area (Å²) in [7, 11) is 0. The molecule has 0 amide bonds. The topological polar surface area (TPSA) is 86.8 Å². The van der Waals surface area contributed by atoms with Crippen molar-refractivity contribution in [2.24, 2.45) is 5.73 Å². The summed E-state index contributed by atoms with van der Waals surface area (Å²) >= 11 is 0. The van der Waals surface area contributed by atoms with E-state index in [-0.39, 0.29) is 13.0 Å². The number of aliphatic hydroxyl groups excluding tert-OH is 1. The van der Waals surface area contributed by atoms with Crippen molar-refractivity contribution >= 4 is 11.7 Å². The number of hydrogen-bond donors (Lipinski definition) is 3. The second-order valence-corrected chi connectivity index (χ2v) is 4.07. The number of hydrogen-bond acceptors (Lipinski definition) is 4. The Morgan fingerprint density at radius 3 is 2.44 bits per heavy atom. The maximum atomic E-state index is 10.6. The Balaban J connectivity index is 2.72. The average molecular weight is 252 g/mol. The molecule has 0 aliphatic heterocycles. The standard InChI is InChI=1S/C13H20N2O3/c1-2-15(8-7-13(17)18)11-5-3-10(4-6-11)12(16)9-14/h3-6,12,16H,2,7-9,14H2,1H3,(H,17,18). The molecule has 1 atom stereocenters. The molecule has 0 aliphatic carbocycles. The highest BCUT2D eigenvalue weighted by atomic mass is 16.4. The molecule has 1 rings (SSSR count). The van der Waals surface area contributed by atoms with E-state index in [2.05, 4.69) is 0 Å². The Labute approximate surface area is 107 Å². The van der Waals surface area contributed by atoms with Crippen molar-refractivity contribution in [2.75, 3.05) is 24.5 Å². The Kier molecular flexibility index (Phi) is 5.61. The fourth-order valence-electron chi connectivity index (χ4n) is 1.74. The average Bonchev–Trinajstić information content (AvgIpc) is 2.39. The molecule has 1 unspecified atom stereocenters. The number of carboxylic acid groups (broad SMARTS) is 1. The summed E-state index contributed by atoms with van der Waals surface area (Å²) in [4.78, 5) is 12.5. The lowest BCUT2D eigenvalue weighted by molar-refractivity contribution is -0.136. The normalized spacial score (nSPS) is 12.2. The van der Waals surface area contributed by atoms with Crippen molar-refractivity contribution < 1.29 is 15.0 Å². The summed E-state index contributed by atoms with van der Waals surface area (Å²) in [5, 5.41) is 18.3. The van der Waals surface area contributed by atoms with Gasteiger partial charge in [-0.2, -0.15) is 0 Å². The SMILES string of the molecule is CCN(CCC(=O)O)c1ccc(C(O)CN)cc1. The van der Waals surface area contributed by atoms with E-state index in [4.69, 9.17) is 10.8 Å². The van der Waals surface area contributed by atoms with Crippen LogP contribution in [0.2, 0.25) is 0 Å². The van der Waals surface area contributed by atoms with Gasteiger partial charge in [-0.25, -0.2) is 0 Å². The fraction of sp³-hybridized carbons (Fsp3) is 0.462. The summed E-state index contributed by atoms with van der Waals surface area (Å²) in [5.41, 5.74) is 7.11. The zero-order valence-electron chi connectivity index (χ0n) is 10.5. The van der Waals surface area contributed by atoms with Crippen LogP contribution in [0.5, 0.6) is 0 Å². The molecule has 4 N–H and O–H groups in total. The van der Waals surface area contributed by atoms with E-state index in [0.717, 1.165) is 17.8 Å². The number of carbonyl (C=O) groups is 1. The molecule has 18 heavy (non-hydrogen) atoms. The number of nitrogens with two attached hydrogens (primary N) is 1. The molecular formula is C13H20N2O3. The molecule has 1 aromatic carbocycles. The third-order valence-corrected chi connectivity index (χ3v) is 2.84. The fourth-order valence-corrected chi connectivity index (χ4v) is 1.74. The van der Waals surface area contributed by atoms with Crippen molar-refractivity contribution in [1.29, 1.82) is 0 Å². The van der Waals surface area contributed by atoms with Gasteiger partial charge in [0.05, 0.1) is 12.5 Å². The molecule has 5 heteroatoms. The van der Waals surface area contributed by atoms with Crippen molar-refractivity contribution in [3.05, 3.63) is 29.8 Å². The van der Waals surface area contributed by atoms with Gasteiger partial charge in [0.1, 0.15) is 0 Å². The van der Waals surface area contributed by atoms with Crippen LogP contribution in [0.25, 0.3) is 0 Å². The monoisotopic (exact) mass is 252 g/mol. The quantitative estimate of drug-likeness (QED) is 0.673. The summed E-state index contributed by atoms with van der Waals surface area (Å²) < 4.78 is 0. The van der Waals surface area contributed by atoms with E-state index in [9.17, 15) is 9.90 Å². The molecule has 1 aromatic rings. The van der Waals surface area contributed by atoms with Gasteiger partial charge < -0.3 is 20.8 Å². The maximum absolute atomic E-state index is 10.6. The van der Waals surface area contributed by atoms with Gasteiger partial charge in [-0.3, -0.25) is 4.79 Å². The predicted molar refractivity (Wildman–Crippen MR) is 70.6 cm³/mol. The molecule has 0 bridgehead atoms. The summed E-state index contributed by atoms with van der Waals surface area (Å²) in [6.45, 7) is 3.39. The zero-order chi connectivity index (χ0) is 13.5. The van der Waals surface area contributed by atoms with Crippen molar-refractivity contribution in [1.82, 2.24) is 0 Å². The molecule has 5 nitrogen and oxygen atoms in total. The van der Waals surface area contributed by atoms with Crippen LogP contribution in [0, 0.1) is 0 Å². The summed E-state index contributed by atoms with van der Waals surface area (Å²) in [6, 6.07) is 7.38. The first-order valence-electron chi connectivity index (χ1n) is 6.03. The minimum Gasteiger partial charge on any atom is -0.481 e. The van der Waals surface area contributed by atoms with Crippen molar-refractivity contribution in [3.63, 3.8) is 0 Å². The molecule has 0 spiro atoms. The number of anilines is 1. The molecule has 0 saturated heterocycles. The van der Waals surface area contributed by atoms with Gasteiger partial charge in [0, 0.05) is 25.3 Å². The molecular weight excluding hydrogens is 232 g/mol. The number of nitrogens with zero attached hydrogens (tertiary/aromatic N) is 1. The molecule has 0 aliphatic rings. The van der Waals surface area contributed by atoms with Crippen LogP contribution in [0.15, 0.2) is 24.3 Å². The minimum absolute atomic E-state index is 0.112. The van der Waals surface area contributed by atoms with Crippen molar-refractivity contribution in [3.8, 4) is 0 Å². The number of carboxylic acids is 1. The van der Waals surface area contributed by atoms with E-state index in [1.165, 1.54) is 0 Å². The van der Waals surface area contributed by atoms with Gasteiger partial charge in [-0.1, -0.05) is 12.1 Å². The highest BCUT2D eigenvalue weighted by Gasteiger charge is 2.09. The molecule has 0 fully saturated rings. The highest BCUT2D eigenvalue weighted by Crippen LogP contribution is 2.19. The van der Waals surface area contributed by atoms with Gasteiger partial charge in [-0.05, 0) is 24.6 Å². The van der Waals surface area contributed by atoms with E-state index in [1.807, 2.05) is 36.1 Å². The number of aliphatic carboxylic acids is 1. The highest BCUT2D eigenvalue weighted by molar-refractivity contribution is 5.67. The number of benzene rings is 1. The van der Waals surface area contributed by atoms with E-state index in [1.54, 1.807) is 0 Å². The molecule has 0 heterocycles. The molecule has 0 radical (unpaired) electrons.